The number of benzene rings is 1. The molecule has 2 N–H and O–H groups in total. The monoisotopic (exact) mass is 258 g/mol. The van der Waals surface area contributed by atoms with Crippen molar-refractivity contribution in [3.63, 3.8) is 0 Å². The van der Waals surface area contributed by atoms with Crippen LogP contribution in [0.4, 0.5) is 13.2 Å². The minimum atomic E-state index is -4.14. The van der Waals surface area contributed by atoms with Gasteiger partial charge in [-0.2, -0.15) is 13.2 Å². The van der Waals surface area contributed by atoms with Crippen molar-refractivity contribution in [2.45, 2.75) is 32.1 Å². The van der Waals surface area contributed by atoms with Gasteiger partial charge in [0.05, 0.1) is 6.54 Å². The molecule has 0 saturated carbocycles. The first-order valence-electron chi connectivity index (χ1n) is 6.03. The fraction of sp³-hybridized carbons (Fsp3) is 0.538. The van der Waals surface area contributed by atoms with Crippen LogP contribution in [0.15, 0.2) is 18.2 Å². The van der Waals surface area contributed by atoms with Crippen molar-refractivity contribution in [3.05, 3.63) is 34.9 Å². The highest BCUT2D eigenvalue weighted by atomic mass is 19.4. The molecule has 1 aromatic carbocycles. The van der Waals surface area contributed by atoms with Crippen LogP contribution >= 0.6 is 0 Å². The highest BCUT2D eigenvalue weighted by Gasteiger charge is 2.35. The minimum Gasteiger partial charge on any atom is -0.326 e. The summed E-state index contributed by atoms with van der Waals surface area (Å²) in [6.07, 6.45) is -3.48. The molecule has 2 nitrogen and oxygen atoms in total. The zero-order chi connectivity index (χ0) is 13.3. The van der Waals surface area contributed by atoms with E-state index in [1.807, 2.05) is 25.1 Å². The normalized spacial score (nSPS) is 20.8. The number of nitrogens with zero attached hydrogens (tertiary/aromatic N) is 1. The van der Waals surface area contributed by atoms with Crippen LogP contribution in [-0.2, 0) is 13.0 Å². The molecule has 0 fully saturated rings. The van der Waals surface area contributed by atoms with E-state index in [-0.39, 0.29) is 6.04 Å². The first-order valence-corrected chi connectivity index (χ1v) is 6.03. The summed E-state index contributed by atoms with van der Waals surface area (Å²) in [5, 5.41) is 0. The third-order valence-electron chi connectivity index (χ3n) is 3.49. The Balaban J connectivity index is 2.20. The Morgan fingerprint density at radius 1 is 1.39 bits per heavy atom. The molecule has 0 spiro atoms. The van der Waals surface area contributed by atoms with E-state index < -0.39 is 12.7 Å². The Morgan fingerprint density at radius 3 is 2.72 bits per heavy atom. The summed E-state index contributed by atoms with van der Waals surface area (Å²) >= 11 is 0. The second-order valence-electron chi connectivity index (χ2n) is 4.75. The molecular formula is C13H17F3N2. The first-order chi connectivity index (χ1) is 8.40. The predicted molar refractivity (Wildman–Crippen MR) is 64.1 cm³/mol. The van der Waals surface area contributed by atoms with Gasteiger partial charge in [-0.15, -0.1) is 0 Å². The Bertz CT molecular complexity index is 429. The third-order valence-corrected chi connectivity index (χ3v) is 3.49. The zero-order valence-corrected chi connectivity index (χ0v) is 10.3. The van der Waals surface area contributed by atoms with Crippen LogP contribution in [0, 0.1) is 0 Å². The van der Waals surface area contributed by atoms with Gasteiger partial charge in [0.15, 0.2) is 0 Å². The number of rotatable bonds is 2. The highest BCUT2D eigenvalue weighted by Crippen LogP contribution is 2.32. The summed E-state index contributed by atoms with van der Waals surface area (Å²) in [6.45, 7) is 1.90. The van der Waals surface area contributed by atoms with Crippen LogP contribution < -0.4 is 5.73 Å². The summed E-state index contributed by atoms with van der Waals surface area (Å²) < 4.78 is 37.3. The van der Waals surface area contributed by atoms with Crippen molar-refractivity contribution in [2.24, 2.45) is 5.73 Å². The molecule has 1 heterocycles. The fourth-order valence-corrected chi connectivity index (χ4v) is 2.51. The van der Waals surface area contributed by atoms with E-state index in [4.69, 9.17) is 5.73 Å². The van der Waals surface area contributed by atoms with Crippen molar-refractivity contribution in [3.8, 4) is 0 Å². The van der Waals surface area contributed by atoms with Gasteiger partial charge in [0.25, 0.3) is 0 Å². The SMILES string of the molecule is CC1c2ccc(CN)cc2CCN1CC(F)(F)F. The van der Waals surface area contributed by atoms with Crippen molar-refractivity contribution in [1.82, 2.24) is 4.90 Å². The summed E-state index contributed by atoms with van der Waals surface area (Å²) in [5.41, 5.74) is 8.72. The Hall–Kier alpha value is -1.07. The molecule has 0 radical (unpaired) electrons. The van der Waals surface area contributed by atoms with Gasteiger partial charge < -0.3 is 5.73 Å². The molecule has 2 rings (SSSR count). The number of alkyl halides is 3. The fourth-order valence-electron chi connectivity index (χ4n) is 2.51. The number of halogens is 3. The highest BCUT2D eigenvalue weighted by molar-refractivity contribution is 5.36. The van der Waals surface area contributed by atoms with Gasteiger partial charge in [0.2, 0.25) is 0 Å². The summed E-state index contributed by atoms with van der Waals surface area (Å²) in [5.74, 6) is 0. The summed E-state index contributed by atoms with van der Waals surface area (Å²) in [4.78, 5) is 1.48. The van der Waals surface area contributed by atoms with Gasteiger partial charge in [-0.25, -0.2) is 0 Å². The van der Waals surface area contributed by atoms with Crippen LogP contribution in [-0.4, -0.2) is 24.2 Å². The van der Waals surface area contributed by atoms with Gasteiger partial charge >= 0.3 is 6.18 Å². The predicted octanol–water partition coefficient (Wildman–Crippen LogP) is 2.63. The van der Waals surface area contributed by atoms with Crippen molar-refractivity contribution in [1.29, 1.82) is 0 Å². The molecule has 0 amide bonds. The van der Waals surface area contributed by atoms with Crippen LogP contribution in [0.3, 0.4) is 0 Å². The Labute approximate surface area is 105 Å². The molecule has 100 valence electrons. The molecule has 1 aliphatic rings. The molecular weight excluding hydrogens is 241 g/mol. The number of hydrogen-bond acceptors (Lipinski definition) is 2. The van der Waals surface area contributed by atoms with E-state index in [2.05, 4.69) is 0 Å². The molecule has 1 aromatic rings. The van der Waals surface area contributed by atoms with E-state index in [1.165, 1.54) is 4.90 Å². The van der Waals surface area contributed by atoms with E-state index in [0.717, 1.165) is 16.7 Å². The van der Waals surface area contributed by atoms with Crippen molar-refractivity contribution in [2.75, 3.05) is 13.1 Å². The van der Waals surface area contributed by atoms with Gasteiger partial charge in [0.1, 0.15) is 0 Å². The average molecular weight is 258 g/mol. The van der Waals surface area contributed by atoms with Gasteiger partial charge in [-0.05, 0) is 30.0 Å². The molecule has 1 unspecified atom stereocenters. The quantitative estimate of drug-likeness (QED) is 0.883. The molecule has 0 aromatic heterocycles. The topological polar surface area (TPSA) is 29.3 Å². The van der Waals surface area contributed by atoms with Gasteiger partial charge in [-0.1, -0.05) is 18.2 Å². The van der Waals surface area contributed by atoms with Crippen molar-refractivity contribution >= 4 is 0 Å². The molecule has 0 aliphatic carbocycles. The Morgan fingerprint density at radius 2 is 2.11 bits per heavy atom. The van der Waals surface area contributed by atoms with Crippen LogP contribution in [0.2, 0.25) is 0 Å². The van der Waals surface area contributed by atoms with Crippen LogP contribution in [0.5, 0.6) is 0 Å². The third kappa shape index (κ3) is 2.84. The lowest BCUT2D eigenvalue weighted by molar-refractivity contribution is -0.151. The average Bonchev–Trinajstić information content (AvgIpc) is 2.31. The van der Waals surface area contributed by atoms with E-state index in [0.29, 0.717) is 19.5 Å². The lowest BCUT2D eigenvalue weighted by Crippen LogP contribution is -2.40. The second-order valence-corrected chi connectivity index (χ2v) is 4.75. The molecule has 0 saturated heterocycles. The summed E-state index contributed by atoms with van der Waals surface area (Å²) in [6, 6.07) is 5.62. The van der Waals surface area contributed by atoms with E-state index in [9.17, 15) is 13.2 Å². The standard InChI is InChI=1S/C13H17F3N2/c1-9-12-3-2-10(7-17)6-11(12)4-5-18(9)8-13(14,15)16/h2-3,6,9H,4-5,7-8,17H2,1H3. The maximum absolute atomic E-state index is 12.4. The van der Waals surface area contributed by atoms with Crippen LogP contribution in [0.1, 0.15) is 29.7 Å². The zero-order valence-electron chi connectivity index (χ0n) is 10.3. The lowest BCUT2D eigenvalue weighted by Gasteiger charge is -2.35. The molecule has 18 heavy (non-hydrogen) atoms. The lowest BCUT2D eigenvalue weighted by atomic mass is 9.92. The smallest absolute Gasteiger partial charge is 0.326 e. The molecule has 1 aliphatic heterocycles. The number of nitrogens with two attached hydrogens (primary N) is 1. The minimum absolute atomic E-state index is 0.192. The van der Waals surface area contributed by atoms with Gasteiger partial charge in [-0.3, -0.25) is 4.90 Å². The first kappa shape index (κ1) is 13.4. The van der Waals surface area contributed by atoms with E-state index in [1.54, 1.807) is 0 Å². The maximum Gasteiger partial charge on any atom is 0.401 e. The molecule has 5 heteroatoms. The maximum atomic E-state index is 12.4. The van der Waals surface area contributed by atoms with E-state index >= 15 is 0 Å². The van der Waals surface area contributed by atoms with Gasteiger partial charge in [0, 0.05) is 19.1 Å². The van der Waals surface area contributed by atoms with Crippen molar-refractivity contribution < 1.29 is 13.2 Å². The second kappa shape index (κ2) is 4.90. The molecule has 0 bridgehead atoms. The van der Waals surface area contributed by atoms with Crippen LogP contribution in [0.25, 0.3) is 0 Å². The Kier molecular flexibility index (Phi) is 3.64. The molecule has 1 atom stereocenters. The largest absolute Gasteiger partial charge is 0.401 e. The summed E-state index contributed by atoms with van der Waals surface area (Å²) in [7, 11) is 0. The number of hydrogen-bond donors (Lipinski definition) is 1. The number of fused-ring (bicyclic) bond motifs is 1.